The van der Waals surface area contributed by atoms with Gasteiger partial charge in [0.25, 0.3) is 5.91 Å². The molecule has 0 radical (unpaired) electrons. The highest BCUT2D eigenvalue weighted by Gasteiger charge is 2.38. The van der Waals surface area contributed by atoms with E-state index in [1.807, 2.05) is 18.2 Å². The Balaban J connectivity index is 1.33. The number of benzene rings is 2. The molecule has 3 heteroatoms. The first kappa shape index (κ1) is 17.3. The molecule has 1 amide bonds. The van der Waals surface area contributed by atoms with E-state index >= 15 is 0 Å². The summed E-state index contributed by atoms with van der Waals surface area (Å²) in [6.07, 6.45) is 4.59. The minimum absolute atomic E-state index is 0.0736. The highest BCUT2D eigenvalue weighted by Crippen LogP contribution is 2.38. The molecule has 1 aliphatic carbocycles. The van der Waals surface area contributed by atoms with Gasteiger partial charge in [0.05, 0.1) is 0 Å². The molecular formula is C23H28N2O. The van der Waals surface area contributed by atoms with Gasteiger partial charge in [-0.1, -0.05) is 42.5 Å². The van der Waals surface area contributed by atoms with Gasteiger partial charge in [-0.15, -0.1) is 0 Å². The fourth-order valence-corrected chi connectivity index (χ4v) is 4.65. The van der Waals surface area contributed by atoms with E-state index in [0.29, 0.717) is 5.92 Å². The molecule has 2 atom stereocenters. The third-order valence-corrected chi connectivity index (χ3v) is 6.16. The summed E-state index contributed by atoms with van der Waals surface area (Å²) in [5.74, 6) is 2.21. The Kier molecular flexibility index (Phi) is 5.35. The van der Waals surface area contributed by atoms with Gasteiger partial charge in [0.15, 0.2) is 0 Å². The first-order chi connectivity index (χ1) is 12.8. The largest absolute Gasteiger partial charge is 0.352 e. The van der Waals surface area contributed by atoms with Gasteiger partial charge < -0.3 is 10.6 Å². The van der Waals surface area contributed by atoms with Crippen molar-refractivity contribution >= 4 is 5.91 Å². The van der Waals surface area contributed by atoms with Crippen LogP contribution in [0.15, 0.2) is 54.6 Å². The predicted octanol–water partition coefficient (Wildman–Crippen LogP) is 3.45. The van der Waals surface area contributed by atoms with Crippen LogP contribution in [0.3, 0.4) is 0 Å². The summed E-state index contributed by atoms with van der Waals surface area (Å²) in [6, 6.07) is 18.6. The summed E-state index contributed by atoms with van der Waals surface area (Å²) in [7, 11) is 0. The molecule has 4 rings (SSSR count). The number of fused-ring (bicyclic) bond motifs is 2. The van der Waals surface area contributed by atoms with Crippen molar-refractivity contribution in [2.24, 2.45) is 17.8 Å². The van der Waals surface area contributed by atoms with Crippen molar-refractivity contribution in [3.8, 4) is 0 Å². The summed E-state index contributed by atoms with van der Waals surface area (Å²) in [5.41, 5.74) is 3.35. The Morgan fingerprint density at radius 1 is 0.923 bits per heavy atom. The molecule has 26 heavy (non-hydrogen) atoms. The maximum absolute atomic E-state index is 12.6. The topological polar surface area (TPSA) is 41.1 Å². The Morgan fingerprint density at radius 2 is 1.62 bits per heavy atom. The Labute approximate surface area is 156 Å². The van der Waals surface area contributed by atoms with Crippen LogP contribution in [0.4, 0.5) is 0 Å². The van der Waals surface area contributed by atoms with Crippen LogP contribution in [0.25, 0.3) is 0 Å². The van der Waals surface area contributed by atoms with Crippen LogP contribution in [0.2, 0.25) is 0 Å². The third-order valence-electron chi connectivity index (χ3n) is 6.16. The van der Waals surface area contributed by atoms with Gasteiger partial charge in [0.1, 0.15) is 0 Å². The molecule has 2 N–H and O–H groups in total. The number of hydrogen-bond acceptors (Lipinski definition) is 2. The SMILES string of the molecule is O=C(NCC1C2CCC1CNC2)c1cccc(CCc2ccccc2)c1. The Bertz CT molecular complexity index is 727. The van der Waals surface area contributed by atoms with Crippen LogP contribution in [0, 0.1) is 17.8 Å². The fourth-order valence-electron chi connectivity index (χ4n) is 4.65. The second kappa shape index (κ2) is 8.05. The number of aryl methyl sites for hydroxylation is 2. The Hall–Kier alpha value is -2.13. The van der Waals surface area contributed by atoms with Crippen LogP contribution in [-0.4, -0.2) is 25.5 Å². The molecule has 1 aliphatic heterocycles. The van der Waals surface area contributed by atoms with E-state index in [4.69, 9.17) is 0 Å². The average molecular weight is 348 g/mol. The van der Waals surface area contributed by atoms with Crippen molar-refractivity contribution in [2.75, 3.05) is 19.6 Å². The lowest BCUT2D eigenvalue weighted by Gasteiger charge is -2.30. The zero-order valence-corrected chi connectivity index (χ0v) is 15.3. The van der Waals surface area contributed by atoms with Crippen LogP contribution in [-0.2, 0) is 12.8 Å². The first-order valence-electron chi connectivity index (χ1n) is 9.91. The van der Waals surface area contributed by atoms with Gasteiger partial charge in [-0.05, 0) is 79.8 Å². The summed E-state index contributed by atoms with van der Waals surface area (Å²) in [5, 5.41) is 6.72. The molecule has 0 aromatic heterocycles. The normalized spacial score (nSPS) is 24.4. The molecule has 1 heterocycles. The lowest BCUT2D eigenvalue weighted by atomic mass is 9.86. The average Bonchev–Trinajstić information content (AvgIpc) is 2.91. The molecular weight excluding hydrogens is 320 g/mol. The quantitative estimate of drug-likeness (QED) is 0.839. The van der Waals surface area contributed by atoms with Gasteiger partial charge >= 0.3 is 0 Å². The highest BCUT2D eigenvalue weighted by molar-refractivity contribution is 5.94. The van der Waals surface area contributed by atoms with Crippen molar-refractivity contribution in [2.45, 2.75) is 25.7 Å². The molecule has 2 aromatic rings. The Morgan fingerprint density at radius 3 is 2.38 bits per heavy atom. The van der Waals surface area contributed by atoms with Crippen molar-refractivity contribution in [1.29, 1.82) is 0 Å². The summed E-state index contributed by atoms with van der Waals surface area (Å²) in [6.45, 7) is 3.06. The van der Waals surface area contributed by atoms with Crippen molar-refractivity contribution < 1.29 is 4.79 Å². The molecule has 1 saturated carbocycles. The molecule has 2 unspecified atom stereocenters. The molecule has 136 valence electrons. The van der Waals surface area contributed by atoms with Gasteiger partial charge in [-0.3, -0.25) is 4.79 Å². The molecule has 2 aromatic carbocycles. The fraction of sp³-hybridized carbons (Fsp3) is 0.435. The van der Waals surface area contributed by atoms with E-state index in [-0.39, 0.29) is 5.91 Å². The van der Waals surface area contributed by atoms with Crippen molar-refractivity contribution in [3.05, 3.63) is 71.3 Å². The van der Waals surface area contributed by atoms with Gasteiger partial charge in [0.2, 0.25) is 0 Å². The van der Waals surface area contributed by atoms with Crippen molar-refractivity contribution in [3.63, 3.8) is 0 Å². The molecule has 2 bridgehead atoms. The standard InChI is InChI=1S/C23H28N2O/c26-23(25-16-22-20-11-12-21(22)15-24-14-20)19-8-4-7-18(13-19)10-9-17-5-2-1-3-6-17/h1-8,13,20-22,24H,9-12,14-16H2,(H,25,26). The number of carbonyl (C=O) groups excluding carboxylic acids is 1. The number of piperidine rings is 1. The summed E-state index contributed by atoms with van der Waals surface area (Å²) < 4.78 is 0. The lowest BCUT2D eigenvalue weighted by Crippen LogP contribution is -2.43. The monoisotopic (exact) mass is 348 g/mol. The minimum atomic E-state index is 0.0736. The van der Waals surface area contributed by atoms with Gasteiger partial charge in [-0.2, -0.15) is 0 Å². The molecule has 1 saturated heterocycles. The smallest absolute Gasteiger partial charge is 0.251 e. The van der Waals surface area contributed by atoms with E-state index in [9.17, 15) is 4.79 Å². The van der Waals surface area contributed by atoms with E-state index in [1.54, 1.807) is 0 Å². The second-order valence-corrected chi connectivity index (χ2v) is 7.82. The third kappa shape index (κ3) is 3.99. The van der Waals surface area contributed by atoms with Crippen LogP contribution in [0.5, 0.6) is 0 Å². The van der Waals surface area contributed by atoms with E-state index in [2.05, 4.69) is 47.0 Å². The van der Waals surface area contributed by atoms with E-state index in [1.165, 1.54) is 24.0 Å². The van der Waals surface area contributed by atoms with Crippen molar-refractivity contribution in [1.82, 2.24) is 10.6 Å². The van der Waals surface area contributed by atoms with E-state index < -0.39 is 0 Å². The first-order valence-corrected chi connectivity index (χ1v) is 9.91. The second-order valence-electron chi connectivity index (χ2n) is 7.82. The molecule has 3 nitrogen and oxygen atoms in total. The molecule has 0 spiro atoms. The summed E-state index contributed by atoms with van der Waals surface area (Å²) in [4.78, 5) is 12.6. The summed E-state index contributed by atoms with van der Waals surface area (Å²) >= 11 is 0. The number of hydrogen-bond donors (Lipinski definition) is 2. The van der Waals surface area contributed by atoms with Crippen LogP contribution in [0.1, 0.15) is 34.3 Å². The van der Waals surface area contributed by atoms with Gasteiger partial charge in [-0.25, -0.2) is 0 Å². The zero-order valence-electron chi connectivity index (χ0n) is 15.3. The lowest BCUT2D eigenvalue weighted by molar-refractivity contribution is 0.0934. The number of carbonyl (C=O) groups is 1. The predicted molar refractivity (Wildman–Crippen MR) is 105 cm³/mol. The number of amides is 1. The number of rotatable bonds is 6. The highest BCUT2D eigenvalue weighted by atomic mass is 16.1. The minimum Gasteiger partial charge on any atom is -0.352 e. The van der Waals surface area contributed by atoms with E-state index in [0.717, 1.165) is 49.9 Å². The van der Waals surface area contributed by atoms with Gasteiger partial charge in [0, 0.05) is 12.1 Å². The maximum atomic E-state index is 12.6. The molecule has 2 aliphatic rings. The molecule has 2 fully saturated rings. The zero-order chi connectivity index (χ0) is 17.8. The number of nitrogens with one attached hydrogen (secondary N) is 2. The maximum Gasteiger partial charge on any atom is 0.251 e. The van der Waals surface area contributed by atoms with Crippen LogP contribution >= 0.6 is 0 Å². The van der Waals surface area contributed by atoms with Crippen LogP contribution < -0.4 is 10.6 Å².